The predicted molar refractivity (Wildman–Crippen MR) is 81.3 cm³/mol. The highest BCUT2D eigenvalue weighted by atomic mass is 35.5. The molecule has 0 amide bonds. The van der Waals surface area contributed by atoms with Crippen LogP contribution in [0.25, 0.3) is 11.4 Å². The molecular weight excluding hydrogens is 331 g/mol. The molecule has 1 aliphatic rings. The van der Waals surface area contributed by atoms with E-state index in [0.717, 1.165) is 38.1 Å². The SMILES string of the molecule is Cl.FC(F)(F)c1cccc(-c2noc(CC3CCNCC3)n2)c1. The van der Waals surface area contributed by atoms with Crippen molar-refractivity contribution >= 4 is 12.4 Å². The zero-order chi connectivity index (χ0) is 15.6. The highest BCUT2D eigenvalue weighted by Gasteiger charge is 2.30. The van der Waals surface area contributed by atoms with Gasteiger partial charge in [0.15, 0.2) is 0 Å². The summed E-state index contributed by atoms with van der Waals surface area (Å²) in [5.41, 5.74) is -0.398. The molecule has 0 radical (unpaired) electrons. The van der Waals surface area contributed by atoms with Gasteiger partial charge in [-0.25, -0.2) is 0 Å². The Labute approximate surface area is 137 Å². The van der Waals surface area contributed by atoms with Gasteiger partial charge >= 0.3 is 6.18 Å². The number of nitrogens with zero attached hydrogens (tertiary/aromatic N) is 2. The summed E-state index contributed by atoms with van der Waals surface area (Å²) in [5, 5.41) is 7.08. The molecule has 1 aliphatic heterocycles. The third kappa shape index (κ3) is 4.45. The molecule has 1 aromatic heterocycles. The van der Waals surface area contributed by atoms with Crippen molar-refractivity contribution in [2.45, 2.75) is 25.4 Å². The van der Waals surface area contributed by atoms with Crippen molar-refractivity contribution in [2.75, 3.05) is 13.1 Å². The number of aromatic nitrogens is 2. The Bertz CT molecular complexity index is 639. The maximum Gasteiger partial charge on any atom is 0.416 e. The van der Waals surface area contributed by atoms with Crippen LogP contribution in [0.4, 0.5) is 13.2 Å². The molecule has 1 aromatic carbocycles. The molecule has 3 rings (SSSR count). The normalized spacial score (nSPS) is 16.1. The maximum atomic E-state index is 12.7. The summed E-state index contributed by atoms with van der Waals surface area (Å²) in [5.74, 6) is 1.17. The number of alkyl halides is 3. The topological polar surface area (TPSA) is 51.0 Å². The predicted octanol–water partition coefficient (Wildman–Crippen LogP) is 3.72. The number of rotatable bonds is 3. The van der Waals surface area contributed by atoms with Crippen LogP contribution in [0.2, 0.25) is 0 Å². The molecule has 2 aromatic rings. The molecule has 8 heteroatoms. The number of hydrogen-bond acceptors (Lipinski definition) is 4. The van der Waals surface area contributed by atoms with Crippen LogP contribution in [0.5, 0.6) is 0 Å². The van der Waals surface area contributed by atoms with E-state index in [-0.39, 0.29) is 18.2 Å². The lowest BCUT2D eigenvalue weighted by Crippen LogP contribution is -2.28. The molecule has 0 saturated carbocycles. The lowest BCUT2D eigenvalue weighted by atomic mass is 9.95. The lowest BCUT2D eigenvalue weighted by molar-refractivity contribution is -0.137. The summed E-state index contributed by atoms with van der Waals surface area (Å²) in [6, 6.07) is 4.97. The van der Waals surface area contributed by atoms with Crippen LogP contribution >= 0.6 is 12.4 Å². The molecule has 0 bridgehead atoms. The summed E-state index contributed by atoms with van der Waals surface area (Å²) in [4.78, 5) is 4.23. The molecule has 0 aliphatic carbocycles. The maximum absolute atomic E-state index is 12.7. The minimum absolute atomic E-state index is 0. The second-order valence-electron chi connectivity index (χ2n) is 5.49. The number of nitrogens with one attached hydrogen (secondary N) is 1. The monoisotopic (exact) mass is 347 g/mol. The molecule has 1 N–H and O–H groups in total. The molecular formula is C15H17ClF3N3O. The van der Waals surface area contributed by atoms with Gasteiger partial charge in [0.25, 0.3) is 0 Å². The van der Waals surface area contributed by atoms with Gasteiger partial charge in [0.05, 0.1) is 5.56 Å². The van der Waals surface area contributed by atoms with Crippen molar-refractivity contribution < 1.29 is 17.7 Å². The van der Waals surface area contributed by atoms with Crippen molar-refractivity contribution in [1.29, 1.82) is 0 Å². The van der Waals surface area contributed by atoms with Gasteiger partial charge in [-0.2, -0.15) is 18.2 Å². The van der Waals surface area contributed by atoms with Gasteiger partial charge in [-0.15, -0.1) is 12.4 Å². The molecule has 1 saturated heterocycles. The standard InChI is InChI=1S/C15H16F3N3O.ClH/c16-15(17,18)12-3-1-2-11(9-12)14-20-13(22-21-14)8-10-4-6-19-7-5-10;/h1-3,9-10,19H,4-8H2;1H. The fourth-order valence-electron chi connectivity index (χ4n) is 2.62. The van der Waals surface area contributed by atoms with Crippen LogP contribution in [-0.4, -0.2) is 23.2 Å². The van der Waals surface area contributed by atoms with E-state index in [4.69, 9.17) is 4.52 Å². The summed E-state index contributed by atoms with van der Waals surface area (Å²) in [7, 11) is 0. The van der Waals surface area contributed by atoms with Crippen molar-refractivity contribution in [1.82, 2.24) is 15.5 Å². The first-order chi connectivity index (χ1) is 10.5. The van der Waals surface area contributed by atoms with Gasteiger partial charge in [0.1, 0.15) is 0 Å². The molecule has 0 spiro atoms. The summed E-state index contributed by atoms with van der Waals surface area (Å²) in [6.07, 6.45) is -1.62. The molecule has 1 fully saturated rings. The fraction of sp³-hybridized carbons (Fsp3) is 0.467. The Hall–Kier alpha value is -1.60. The number of halogens is 4. The first-order valence-corrected chi connectivity index (χ1v) is 7.23. The summed E-state index contributed by atoms with van der Waals surface area (Å²) < 4.78 is 43.4. The van der Waals surface area contributed by atoms with E-state index in [1.807, 2.05) is 0 Å². The molecule has 2 heterocycles. The second-order valence-corrected chi connectivity index (χ2v) is 5.49. The minimum Gasteiger partial charge on any atom is -0.339 e. The van der Waals surface area contributed by atoms with E-state index in [9.17, 15) is 13.2 Å². The van der Waals surface area contributed by atoms with Crippen LogP contribution < -0.4 is 5.32 Å². The van der Waals surface area contributed by atoms with E-state index >= 15 is 0 Å². The Morgan fingerprint density at radius 3 is 2.65 bits per heavy atom. The Morgan fingerprint density at radius 1 is 1.22 bits per heavy atom. The quantitative estimate of drug-likeness (QED) is 0.919. The highest BCUT2D eigenvalue weighted by Crippen LogP contribution is 2.31. The Kier molecular flexibility index (Phi) is 5.64. The van der Waals surface area contributed by atoms with Crippen LogP contribution in [0.15, 0.2) is 28.8 Å². The first kappa shape index (κ1) is 17.7. The van der Waals surface area contributed by atoms with Gasteiger partial charge in [-0.1, -0.05) is 17.3 Å². The smallest absolute Gasteiger partial charge is 0.339 e. The van der Waals surface area contributed by atoms with Gasteiger partial charge in [-0.05, 0) is 44.0 Å². The van der Waals surface area contributed by atoms with Crippen molar-refractivity contribution in [2.24, 2.45) is 5.92 Å². The third-order valence-corrected chi connectivity index (χ3v) is 3.84. The molecule has 23 heavy (non-hydrogen) atoms. The average Bonchev–Trinajstić information content (AvgIpc) is 2.96. The van der Waals surface area contributed by atoms with E-state index in [0.29, 0.717) is 23.8 Å². The minimum atomic E-state index is -4.38. The van der Waals surface area contributed by atoms with Gasteiger partial charge in [0.2, 0.25) is 11.7 Å². The van der Waals surface area contributed by atoms with E-state index < -0.39 is 11.7 Å². The second kappa shape index (κ2) is 7.31. The number of piperidine rings is 1. The molecule has 0 unspecified atom stereocenters. The summed E-state index contributed by atoms with van der Waals surface area (Å²) in [6.45, 7) is 1.94. The molecule has 0 atom stereocenters. The zero-order valence-corrected chi connectivity index (χ0v) is 13.1. The van der Waals surface area contributed by atoms with Crippen LogP contribution in [0.1, 0.15) is 24.3 Å². The van der Waals surface area contributed by atoms with E-state index in [2.05, 4.69) is 15.5 Å². The van der Waals surface area contributed by atoms with E-state index in [1.54, 1.807) is 6.07 Å². The number of benzene rings is 1. The van der Waals surface area contributed by atoms with Gasteiger partial charge in [0, 0.05) is 12.0 Å². The Morgan fingerprint density at radius 2 is 1.96 bits per heavy atom. The lowest BCUT2D eigenvalue weighted by Gasteiger charge is -2.20. The largest absolute Gasteiger partial charge is 0.416 e. The van der Waals surface area contributed by atoms with Gasteiger partial charge in [-0.3, -0.25) is 0 Å². The average molecular weight is 348 g/mol. The van der Waals surface area contributed by atoms with Crippen molar-refractivity contribution in [3.8, 4) is 11.4 Å². The first-order valence-electron chi connectivity index (χ1n) is 7.23. The summed E-state index contributed by atoms with van der Waals surface area (Å²) >= 11 is 0. The van der Waals surface area contributed by atoms with Crippen LogP contribution in [0.3, 0.4) is 0 Å². The van der Waals surface area contributed by atoms with Gasteiger partial charge < -0.3 is 9.84 Å². The third-order valence-electron chi connectivity index (χ3n) is 3.84. The van der Waals surface area contributed by atoms with Crippen LogP contribution in [-0.2, 0) is 12.6 Å². The number of hydrogen-bond donors (Lipinski definition) is 1. The van der Waals surface area contributed by atoms with Crippen LogP contribution in [0, 0.1) is 5.92 Å². The van der Waals surface area contributed by atoms with E-state index in [1.165, 1.54) is 6.07 Å². The molecule has 4 nitrogen and oxygen atoms in total. The van der Waals surface area contributed by atoms with Crippen molar-refractivity contribution in [3.05, 3.63) is 35.7 Å². The van der Waals surface area contributed by atoms with Crippen molar-refractivity contribution in [3.63, 3.8) is 0 Å². The Balaban J connectivity index is 0.00000192. The molecule has 126 valence electrons. The zero-order valence-electron chi connectivity index (χ0n) is 12.3. The fourth-order valence-corrected chi connectivity index (χ4v) is 2.62. The highest BCUT2D eigenvalue weighted by molar-refractivity contribution is 5.85.